The molecule has 0 aromatic heterocycles. The first-order chi connectivity index (χ1) is 7.73. The standard InChI is InChI=1S/C14H26O2/c1-9-7-14(13(4,5)15)8-10(9)12(2,3)11(14)16-6/h9-11,15H,7-8H2,1-6H3/t9-,10?,11+,14?/m1/s1/i15T. The third-order valence-corrected chi connectivity index (χ3v) is 5.53. The Labute approximate surface area is 101 Å². The highest BCUT2D eigenvalue weighted by molar-refractivity contribution is 5.18. The quantitative estimate of drug-likeness (QED) is 0.805. The number of aliphatic hydroxyl groups is 1. The molecule has 0 spiro atoms. The first-order valence-corrected chi connectivity index (χ1v) is 6.40. The molecular formula is C14H26O2. The number of fused-ring (bicyclic) bond motifs is 2. The fraction of sp³-hybridized carbons (Fsp3) is 1.00. The summed E-state index contributed by atoms with van der Waals surface area (Å²) >= 11 is 0. The van der Waals surface area contributed by atoms with Crippen LogP contribution in [0.15, 0.2) is 0 Å². The average Bonchev–Trinajstić information content (AvgIpc) is 2.68. The van der Waals surface area contributed by atoms with E-state index in [4.69, 9.17) is 11.3 Å². The fourth-order valence-corrected chi connectivity index (χ4v) is 4.85. The number of methoxy groups -OCH3 is 1. The molecule has 2 nitrogen and oxygen atoms in total. The molecule has 0 saturated heterocycles. The van der Waals surface area contributed by atoms with Gasteiger partial charge in [0.2, 0.25) is 1.43 Å². The van der Waals surface area contributed by atoms with Gasteiger partial charge in [-0.3, -0.25) is 0 Å². The molecule has 0 aromatic carbocycles. The first-order valence-electron chi connectivity index (χ1n) is 6.81. The monoisotopic (exact) mass is 228 g/mol. The molecule has 2 aliphatic carbocycles. The number of rotatable bonds is 3. The summed E-state index contributed by atoms with van der Waals surface area (Å²) in [7, 11) is 1.81. The van der Waals surface area contributed by atoms with Crippen LogP contribution in [-0.2, 0) is 4.74 Å². The Balaban J connectivity index is 2.46. The van der Waals surface area contributed by atoms with Gasteiger partial charge < -0.3 is 9.85 Å². The SMILES string of the molecule is [3H]OC(C)(C)C12CC([C@H](C)C1)C(C)(C)[C@@H]2OC. The maximum Gasteiger partial charge on any atom is 0.211 e. The molecular weight excluding hydrogens is 200 g/mol. The summed E-state index contributed by atoms with van der Waals surface area (Å²) < 4.78 is 13.3. The van der Waals surface area contributed by atoms with Gasteiger partial charge in [-0.2, -0.15) is 0 Å². The zero-order valence-corrected chi connectivity index (χ0v) is 11.5. The van der Waals surface area contributed by atoms with Crippen LogP contribution in [0.5, 0.6) is 0 Å². The molecule has 2 heteroatoms. The fourth-order valence-electron chi connectivity index (χ4n) is 4.85. The van der Waals surface area contributed by atoms with Crippen LogP contribution >= 0.6 is 0 Å². The minimum Gasteiger partial charge on any atom is -0.390 e. The normalized spacial score (nSPS) is 47.1. The van der Waals surface area contributed by atoms with E-state index in [9.17, 15) is 0 Å². The summed E-state index contributed by atoms with van der Waals surface area (Å²) in [5.74, 6) is 1.38. The van der Waals surface area contributed by atoms with Gasteiger partial charge in [0.25, 0.3) is 0 Å². The number of hydrogen-bond donors (Lipinski definition) is 1. The van der Waals surface area contributed by atoms with Crippen molar-refractivity contribution in [2.75, 3.05) is 7.11 Å². The highest BCUT2D eigenvalue weighted by atomic mass is 16.5. The zero-order chi connectivity index (χ0) is 13.1. The summed E-state index contributed by atoms with van der Waals surface area (Å²) in [6, 6.07) is 0. The molecule has 4 atom stereocenters. The number of ether oxygens (including phenoxy) is 1. The zero-order valence-electron chi connectivity index (χ0n) is 12.5. The lowest BCUT2D eigenvalue weighted by Crippen LogP contribution is -2.54. The number of hydrogen-bond acceptors (Lipinski definition) is 2. The summed E-state index contributed by atoms with van der Waals surface area (Å²) in [4.78, 5) is 0. The van der Waals surface area contributed by atoms with Gasteiger partial charge in [-0.25, -0.2) is 0 Å². The molecule has 2 unspecified atom stereocenters. The Hall–Kier alpha value is -0.0800. The van der Waals surface area contributed by atoms with Crippen molar-refractivity contribution >= 4 is 0 Å². The minimum atomic E-state index is -0.440. The van der Waals surface area contributed by atoms with Gasteiger partial charge >= 0.3 is 0 Å². The maximum atomic E-state index is 7.42. The van der Waals surface area contributed by atoms with E-state index in [2.05, 4.69) is 20.8 Å². The van der Waals surface area contributed by atoms with Gasteiger partial charge in [0.1, 0.15) is 0 Å². The van der Waals surface area contributed by atoms with Gasteiger partial charge in [0.15, 0.2) is 0 Å². The maximum absolute atomic E-state index is 7.42. The molecule has 16 heavy (non-hydrogen) atoms. The van der Waals surface area contributed by atoms with Crippen molar-refractivity contribution < 1.29 is 9.85 Å². The van der Waals surface area contributed by atoms with Crippen LogP contribution in [0.4, 0.5) is 0 Å². The van der Waals surface area contributed by atoms with Crippen molar-refractivity contribution in [1.82, 2.24) is 0 Å². The van der Waals surface area contributed by atoms with Crippen LogP contribution in [0.1, 0.15) is 47.5 Å². The lowest BCUT2D eigenvalue weighted by atomic mass is 9.61. The molecule has 0 aromatic rings. The highest BCUT2D eigenvalue weighted by Gasteiger charge is 2.69. The van der Waals surface area contributed by atoms with Gasteiger partial charge in [-0.15, -0.1) is 0 Å². The van der Waals surface area contributed by atoms with Gasteiger partial charge in [-0.05, 0) is 43.9 Å². The molecule has 0 aliphatic heterocycles. The van der Waals surface area contributed by atoms with Crippen molar-refractivity contribution in [1.29, 1.82) is 1.43 Å². The minimum absolute atomic E-state index is 0.00289. The molecule has 2 saturated carbocycles. The molecule has 0 amide bonds. The van der Waals surface area contributed by atoms with Crippen LogP contribution in [0, 0.1) is 22.7 Å². The largest absolute Gasteiger partial charge is 0.390 e. The molecule has 94 valence electrons. The summed E-state index contributed by atoms with van der Waals surface area (Å²) in [5, 5.41) is 5.09. The van der Waals surface area contributed by atoms with Crippen molar-refractivity contribution in [3.63, 3.8) is 0 Å². The molecule has 1 N–H and O–H groups in total. The van der Waals surface area contributed by atoms with Crippen LogP contribution in [-0.4, -0.2) is 25.4 Å². The van der Waals surface area contributed by atoms with E-state index in [1.165, 1.54) is 0 Å². The third-order valence-electron chi connectivity index (χ3n) is 5.53. The van der Waals surface area contributed by atoms with Gasteiger partial charge in [-0.1, -0.05) is 20.8 Å². The van der Waals surface area contributed by atoms with Gasteiger partial charge in [0.05, 0.1) is 11.7 Å². The Morgan fingerprint density at radius 2 is 2.00 bits per heavy atom. The van der Waals surface area contributed by atoms with Crippen molar-refractivity contribution in [2.45, 2.75) is 59.2 Å². The summed E-state index contributed by atoms with van der Waals surface area (Å²) in [6.07, 6.45) is 2.44. The van der Waals surface area contributed by atoms with Crippen LogP contribution in [0.25, 0.3) is 0 Å². The lowest BCUT2D eigenvalue weighted by molar-refractivity contribution is -0.161. The lowest BCUT2D eigenvalue weighted by Gasteiger charge is -2.50. The molecule has 2 aliphatic rings. The smallest absolute Gasteiger partial charge is 0.211 e. The summed E-state index contributed by atoms with van der Waals surface area (Å²) in [5.41, 5.74) is -0.260. The second-order valence-electron chi connectivity index (χ2n) is 7.10. The highest BCUT2D eigenvalue weighted by Crippen LogP contribution is 2.69. The molecule has 0 heterocycles. The van der Waals surface area contributed by atoms with Gasteiger partial charge in [0, 0.05) is 12.5 Å². The van der Waals surface area contributed by atoms with Crippen LogP contribution < -0.4 is 0 Å². The van der Waals surface area contributed by atoms with E-state index in [1.807, 2.05) is 13.8 Å². The van der Waals surface area contributed by atoms with E-state index < -0.39 is 5.60 Å². The second kappa shape index (κ2) is 3.23. The van der Waals surface area contributed by atoms with E-state index in [0.717, 1.165) is 12.8 Å². The third kappa shape index (κ3) is 1.26. The second-order valence-corrected chi connectivity index (χ2v) is 7.10. The van der Waals surface area contributed by atoms with E-state index in [-0.39, 0.29) is 16.9 Å². The summed E-state index contributed by atoms with van der Waals surface area (Å²) in [6.45, 7) is 11.0. The Morgan fingerprint density at radius 3 is 2.50 bits per heavy atom. The Morgan fingerprint density at radius 1 is 1.38 bits per heavy atom. The van der Waals surface area contributed by atoms with Crippen molar-refractivity contribution in [3.8, 4) is 0 Å². The Kier molecular flexibility index (Phi) is 2.23. The van der Waals surface area contributed by atoms with Crippen molar-refractivity contribution in [2.24, 2.45) is 22.7 Å². The predicted octanol–water partition coefficient (Wildman–Crippen LogP) is 2.84. The van der Waals surface area contributed by atoms with Crippen LogP contribution in [0.3, 0.4) is 0 Å². The topological polar surface area (TPSA) is 29.5 Å². The Bertz CT molecular complexity index is 313. The molecule has 2 bridgehead atoms. The first kappa shape index (κ1) is 11.0. The molecule has 2 fully saturated rings. The predicted molar refractivity (Wildman–Crippen MR) is 65.2 cm³/mol. The van der Waals surface area contributed by atoms with E-state index in [1.54, 1.807) is 7.11 Å². The van der Waals surface area contributed by atoms with E-state index >= 15 is 0 Å². The van der Waals surface area contributed by atoms with Crippen molar-refractivity contribution in [3.05, 3.63) is 0 Å². The molecule has 2 rings (SSSR count). The molecule has 0 radical (unpaired) electrons. The average molecular weight is 228 g/mol. The van der Waals surface area contributed by atoms with E-state index in [0.29, 0.717) is 11.8 Å². The van der Waals surface area contributed by atoms with Crippen LogP contribution in [0.2, 0.25) is 0 Å².